The summed E-state index contributed by atoms with van der Waals surface area (Å²) in [6, 6.07) is 71.5. The van der Waals surface area contributed by atoms with Crippen LogP contribution in [0, 0.1) is 0 Å². The average molecular weight is 664 g/mol. The summed E-state index contributed by atoms with van der Waals surface area (Å²) in [5.74, 6) is 0.854. The Balaban J connectivity index is 1.20. The summed E-state index contributed by atoms with van der Waals surface area (Å²) in [4.78, 5) is 2.39. The van der Waals surface area contributed by atoms with Gasteiger partial charge in [-0.15, -0.1) is 0 Å². The summed E-state index contributed by atoms with van der Waals surface area (Å²) in [7, 11) is 0. The smallest absolute Gasteiger partial charge is 0.145 e. The zero-order valence-corrected chi connectivity index (χ0v) is 28.4. The van der Waals surface area contributed by atoms with Crippen molar-refractivity contribution in [3.05, 3.63) is 200 Å². The molecule has 0 saturated carbocycles. The SMILES string of the molecule is c1ccc(-c2c(-c3ccccc3N(c3ccc(-c4cc5ccccc5c5ccccc45)cc3)c3cccc4ccccc34)oc3ccccc23)cc1. The number of anilines is 3. The van der Waals surface area contributed by atoms with E-state index in [0.717, 1.165) is 50.5 Å². The lowest BCUT2D eigenvalue weighted by atomic mass is 9.93. The molecule has 9 aromatic carbocycles. The summed E-state index contributed by atoms with van der Waals surface area (Å²) < 4.78 is 6.82. The van der Waals surface area contributed by atoms with E-state index in [1.54, 1.807) is 0 Å². The van der Waals surface area contributed by atoms with Gasteiger partial charge in [0.05, 0.1) is 11.4 Å². The van der Waals surface area contributed by atoms with E-state index in [-0.39, 0.29) is 0 Å². The van der Waals surface area contributed by atoms with Gasteiger partial charge >= 0.3 is 0 Å². The number of rotatable bonds is 6. The number of benzene rings is 9. The molecule has 0 N–H and O–H groups in total. The fourth-order valence-corrected chi connectivity index (χ4v) is 7.88. The highest BCUT2D eigenvalue weighted by Crippen LogP contribution is 2.48. The van der Waals surface area contributed by atoms with E-state index in [1.807, 2.05) is 6.07 Å². The fourth-order valence-electron chi connectivity index (χ4n) is 7.88. The van der Waals surface area contributed by atoms with Gasteiger partial charge < -0.3 is 9.32 Å². The van der Waals surface area contributed by atoms with E-state index in [0.29, 0.717) is 0 Å². The van der Waals surface area contributed by atoms with Gasteiger partial charge in [0.1, 0.15) is 11.3 Å². The van der Waals surface area contributed by atoms with Crippen LogP contribution in [0.1, 0.15) is 0 Å². The minimum atomic E-state index is 0.854. The third kappa shape index (κ3) is 4.96. The molecule has 0 bridgehead atoms. The van der Waals surface area contributed by atoms with Crippen LogP contribution in [0.3, 0.4) is 0 Å². The van der Waals surface area contributed by atoms with Crippen LogP contribution in [-0.2, 0) is 0 Å². The van der Waals surface area contributed by atoms with Crippen LogP contribution in [-0.4, -0.2) is 0 Å². The maximum absolute atomic E-state index is 6.82. The standard InChI is InChI=1S/C50H33NO/c1-2-16-36(17-3-1)49-44-25-11-13-28-48(44)52-50(49)43-24-10-12-26-47(43)51(46-27-14-19-34-15-4-7-21-40(34)46)38-31-29-35(30-32-38)45-33-37-18-5-6-20-39(37)41-22-8-9-23-42(41)45/h1-33H. The van der Waals surface area contributed by atoms with E-state index in [4.69, 9.17) is 4.42 Å². The lowest BCUT2D eigenvalue weighted by Gasteiger charge is -2.29. The normalized spacial score (nSPS) is 11.5. The first-order chi connectivity index (χ1) is 25.8. The molecule has 0 spiro atoms. The highest BCUT2D eigenvalue weighted by molar-refractivity contribution is 6.14. The largest absolute Gasteiger partial charge is 0.455 e. The highest BCUT2D eigenvalue weighted by atomic mass is 16.3. The van der Waals surface area contributed by atoms with E-state index in [2.05, 4.69) is 199 Å². The molecular weight excluding hydrogens is 631 g/mol. The third-order valence-corrected chi connectivity index (χ3v) is 10.3. The lowest BCUT2D eigenvalue weighted by Crippen LogP contribution is -2.11. The molecule has 52 heavy (non-hydrogen) atoms. The van der Waals surface area contributed by atoms with Gasteiger partial charge in [-0.2, -0.15) is 0 Å². The number of hydrogen-bond acceptors (Lipinski definition) is 2. The molecule has 0 fully saturated rings. The number of hydrogen-bond donors (Lipinski definition) is 0. The van der Waals surface area contributed by atoms with Crippen molar-refractivity contribution in [3.8, 4) is 33.6 Å². The molecule has 244 valence electrons. The van der Waals surface area contributed by atoms with E-state index >= 15 is 0 Å². The van der Waals surface area contributed by atoms with Crippen molar-refractivity contribution in [3.63, 3.8) is 0 Å². The van der Waals surface area contributed by atoms with Crippen molar-refractivity contribution < 1.29 is 4.42 Å². The van der Waals surface area contributed by atoms with Crippen LogP contribution in [0.5, 0.6) is 0 Å². The lowest BCUT2D eigenvalue weighted by molar-refractivity contribution is 0.632. The van der Waals surface area contributed by atoms with Crippen LogP contribution < -0.4 is 4.90 Å². The monoisotopic (exact) mass is 663 g/mol. The summed E-state index contributed by atoms with van der Waals surface area (Å²) in [5.41, 5.74) is 9.74. The Labute approximate surface area is 302 Å². The number of fused-ring (bicyclic) bond motifs is 5. The second-order valence-corrected chi connectivity index (χ2v) is 13.3. The minimum Gasteiger partial charge on any atom is -0.455 e. The van der Waals surface area contributed by atoms with E-state index in [9.17, 15) is 0 Å². The third-order valence-electron chi connectivity index (χ3n) is 10.3. The molecule has 1 heterocycles. The molecule has 2 heteroatoms. The number of furan rings is 1. The Morgan fingerprint density at radius 1 is 0.346 bits per heavy atom. The fraction of sp³-hybridized carbons (Fsp3) is 0. The second kappa shape index (κ2) is 12.5. The summed E-state index contributed by atoms with van der Waals surface area (Å²) in [6.07, 6.45) is 0. The molecule has 0 saturated heterocycles. The summed E-state index contributed by atoms with van der Waals surface area (Å²) in [5, 5.41) is 8.51. The Bertz CT molecular complexity index is 2900. The molecule has 0 amide bonds. The van der Waals surface area contributed by atoms with E-state index in [1.165, 1.54) is 43.4 Å². The van der Waals surface area contributed by atoms with Crippen molar-refractivity contribution in [1.29, 1.82) is 0 Å². The Morgan fingerprint density at radius 2 is 0.942 bits per heavy atom. The van der Waals surface area contributed by atoms with Gasteiger partial charge in [0.2, 0.25) is 0 Å². The molecule has 10 aromatic rings. The Hall–Kier alpha value is -6.90. The average Bonchev–Trinajstić information content (AvgIpc) is 3.61. The van der Waals surface area contributed by atoms with Crippen LogP contribution in [0.25, 0.3) is 76.9 Å². The maximum atomic E-state index is 6.82. The molecule has 0 aliphatic heterocycles. The molecule has 0 radical (unpaired) electrons. The van der Waals surface area contributed by atoms with Gasteiger partial charge in [-0.05, 0) is 86.1 Å². The number of para-hydroxylation sites is 2. The quantitative estimate of drug-likeness (QED) is 0.165. The molecule has 0 unspecified atom stereocenters. The molecule has 2 nitrogen and oxygen atoms in total. The van der Waals surface area contributed by atoms with Crippen LogP contribution in [0.2, 0.25) is 0 Å². The molecule has 10 rings (SSSR count). The molecule has 1 aromatic heterocycles. The first-order valence-electron chi connectivity index (χ1n) is 17.8. The predicted octanol–water partition coefficient (Wildman–Crippen LogP) is 14.4. The van der Waals surface area contributed by atoms with Crippen molar-refractivity contribution in [1.82, 2.24) is 0 Å². The predicted molar refractivity (Wildman–Crippen MR) is 220 cm³/mol. The van der Waals surface area contributed by atoms with Gasteiger partial charge in [0, 0.05) is 27.6 Å². The van der Waals surface area contributed by atoms with Crippen molar-refractivity contribution in [2.24, 2.45) is 0 Å². The van der Waals surface area contributed by atoms with Gasteiger partial charge in [-0.25, -0.2) is 0 Å². The van der Waals surface area contributed by atoms with Gasteiger partial charge in [-0.1, -0.05) is 158 Å². The number of nitrogens with zero attached hydrogens (tertiary/aromatic N) is 1. The molecule has 0 aliphatic carbocycles. The second-order valence-electron chi connectivity index (χ2n) is 13.3. The van der Waals surface area contributed by atoms with Crippen molar-refractivity contribution >= 4 is 60.3 Å². The topological polar surface area (TPSA) is 16.4 Å². The first-order valence-corrected chi connectivity index (χ1v) is 17.8. The van der Waals surface area contributed by atoms with E-state index < -0.39 is 0 Å². The summed E-state index contributed by atoms with van der Waals surface area (Å²) in [6.45, 7) is 0. The first kappa shape index (κ1) is 30.0. The van der Waals surface area contributed by atoms with Crippen molar-refractivity contribution in [2.45, 2.75) is 0 Å². The Kier molecular flexibility index (Phi) is 7.18. The zero-order valence-electron chi connectivity index (χ0n) is 28.4. The van der Waals surface area contributed by atoms with Crippen molar-refractivity contribution in [2.75, 3.05) is 4.90 Å². The van der Waals surface area contributed by atoms with Crippen LogP contribution in [0.15, 0.2) is 205 Å². The van der Waals surface area contributed by atoms with Gasteiger partial charge in [-0.3, -0.25) is 0 Å². The Morgan fingerprint density at radius 3 is 1.77 bits per heavy atom. The van der Waals surface area contributed by atoms with Crippen LogP contribution >= 0.6 is 0 Å². The highest BCUT2D eigenvalue weighted by Gasteiger charge is 2.24. The maximum Gasteiger partial charge on any atom is 0.145 e. The van der Waals surface area contributed by atoms with Gasteiger partial charge in [0.15, 0.2) is 0 Å². The molecular formula is C50H33NO. The molecule has 0 aliphatic rings. The molecule has 0 atom stereocenters. The van der Waals surface area contributed by atoms with Crippen LogP contribution in [0.4, 0.5) is 17.1 Å². The summed E-state index contributed by atoms with van der Waals surface area (Å²) >= 11 is 0. The van der Waals surface area contributed by atoms with Gasteiger partial charge in [0.25, 0.3) is 0 Å². The minimum absolute atomic E-state index is 0.854. The zero-order chi connectivity index (χ0) is 34.4.